The van der Waals surface area contributed by atoms with Crippen LogP contribution < -0.4 is 10.1 Å². The smallest absolute Gasteiger partial charge is 0.247 e. The molecule has 0 bridgehead atoms. The molecule has 1 aromatic carbocycles. The number of nitrogens with zero attached hydrogens (tertiary/aromatic N) is 1. The maximum absolute atomic E-state index is 13.4. The summed E-state index contributed by atoms with van der Waals surface area (Å²) in [5, 5.41) is 3.94. The molecule has 2 heterocycles. The van der Waals surface area contributed by atoms with E-state index in [1.54, 1.807) is 13.2 Å². The fourth-order valence-electron chi connectivity index (χ4n) is 4.77. The number of nitrogens with one attached hydrogen (secondary N) is 1. The van der Waals surface area contributed by atoms with Crippen LogP contribution in [0, 0.1) is 5.92 Å². The van der Waals surface area contributed by atoms with E-state index in [0.717, 1.165) is 18.6 Å². The highest BCUT2D eigenvalue weighted by Crippen LogP contribution is 2.41. The second kappa shape index (κ2) is 8.64. The highest BCUT2D eigenvalue weighted by molar-refractivity contribution is 6.40. The van der Waals surface area contributed by atoms with Gasteiger partial charge in [0.15, 0.2) is 0 Å². The summed E-state index contributed by atoms with van der Waals surface area (Å²) in [5.41, 5.74) is 3.00. The molecule has 1 saturated heterocycles. The largest absolute Gasteiger partial charge is 0.497 e. The number of rotatable bonds is 3. The number of hydrogen-bond donors (Lipinski definition) is 1. The van der Waals surface area contributed by atoms with Crippen molar-refractivity contribution in [2.75, 3.05) is 13.7 Å². The topological polar surface area (TPSA) is 58.6 Å². The minimum atomic E-state index is -0.522. The number of ether oxygens (including phenoxy) is 1. The molecule has 0 aromatic heterocycles. The van der Waals surface area contributed by atoms with E-state index in [0.29, 0.717) is 47.4 Å². The lowest BCUT2D eigenvalue weighted by molar-refractivity contribution is -0.138. The Balaban J connectivity index is 1.55. The Kier molecular flexibility index (Phi) is 6.12. The van der Waals surface area contributed by atoms with Gasteiger partial charge < -0.3 is 15.0 Å². The van der Waals surface area contributed by atoms with Gasteiger partial charge >= 0.3 is 0 Å². The van der Waals surface area contributed by atoms with Crippen LogP contribution in [0.25, 0.3) is 0 Å². The Labute approximate surface area is 187 Å². The van der Waals surface area contributed by atoms with Gasteiger partial charge in [0.05, 0.1) is 18.2 Å². The van der Waals surface area contributed by atoms with E-state index >= 15 is 0 Å². The summed E-state index contributed by atoms with van der Waals surface area (Å²) in [7, 11) is 1.67. The van der Waals surface area contributed by atoms with Gasteiger partial charge in [0, 0.05) is 17.2 Å². The van der Waals surface area contributed by atoms with E-state index in [4.69, 9.17) is 27.9 Å². The summed E-state index contributed by atoms with van der Waals surface area (Å²) in [5.74, 6) is 0.904. The minimum Gasteiger partial charge on any atom is -0.497 e. The van der Waals surface area contributed by atoms with Gasteiger partial charge in [-0.3, -0.25) is 9.59 Å². The zero-order valence-electron chi connectivity index (χ0n) is 17.2. The number of halogens is 2. The van der Waals surface area contributed by atoms with Crippen LogP contribution in [0.15, 0.2) is 39.9 Å². The Hall–Kier alpha value is -1.98. The fraction of sp³-hybridized carbons (Fsp3) is 0.478. The molecule has 3 atom stereocenters. The molecule has 2 aliphatic heterocycles. The van der Waals surface area contributed by atoms with Gasteiger partial charge in [-0.25, -0.2) is 0 Å². The molecule has 3 aliphatic rings. The predicted octanol–water partition coefficient (Wildman–Crippen LogP) is 4.45. The van der Waals surface area contributed by atoms with Crippen molar-refractivity contribution in [1.29, 1.82) is 0 Å². The Bertz CT molecular complexity index is 940. The normalized spacial score (nSPS) is 26.4. The van der Waals surface area contributed by atoms with Crippen LogP contribution in [0.1, 0.15) is 49.8 Å². The number of methoxy groups -OCH3 is 1. The monoisotopic (exact) mass is 448 g/mol. The van der Waals surface area contributed by atoms with Crippen molar-refractivity contribution in [2.45, 2.75) is 51.1 Å². The molecule has 1 N–H and O–H groups in total. The quantitative estimate of drug-likeness (QED) is 0.742. The zero-order chi connectivity index (χ0) is 21.4. The summed E-state index contributed by atoms with van der Waals surface area (Å²) in [6.07, 6.45) is 4.95. The van der Waals surface area contributed by atoms with Crippen LogP contribution in [0.3, 0.4) is 0 Å². The van der Waals surface area contributed by atoms with E-state index in [1.165, 1.54) is 11.1 Å². The van der Waals surface area contributed by atoms with E-state index in [9.17, 15) is 9.59 Å². The maximum atomic E-state index is 13.4. The van der Waals surface area contributed by atoms with E-state index < -0.39 is 6.04 Å². The van der Waals surface area contributed by atoms with E-state index in [-0.39, 0.29) is 17.9 Å². The third kappa shape index (κ3) is 3.97. The van der Waals surface area contributed by atoms with Gasteiger partial charge in [0.1, 0.15) is 11.8 Å². The Morgan fingerprint density at radius 1 is 1.20 bits per heavy atom. The summed E-state index contributed by atoms with van der Waals surface area (Å²) in [4.78, 5) is 28.2. The van der Waals surface area contributed by atoms with Gasteiger partial charge in [-0.1, -0.05) is 36.2 Å². The molecule has 0 saturated carbocycles. The fourth-order valence-corrected chi connectivity index (χ4v) is 5.14. The van der Waals surface area contributed by atoms with Crippen molar-refractivity contribution in [1.82, 2.24) is 10.2 Å². The average molecular weight is 449 g/mol. The molecule has 4 rings (SSSR count). The third-order valence-corrected chi connectivity index (χ3v) is 7.25. The number of fused-ring (bicyclic) bond motifs is 3. The van der Waals surface area contributed by atoms with Gasteiger partial charge in [-0.15, -0.1) is 0 Å². The minimum absolute atomic E-state index is 0.00440. The van der Waals surface area contributed by atoms with Crippen molar-refractivity contribution in [3.63, 3.8) is 0 Å². The van der Waals surface area contributed by atoms with Crippen LogP contribution in [-0.4, -0.2) is 36.4 Å². The molecule has 160 valence electrons. The summed E-state index contributed by atoms with van der Waals surface area (Å²) in [6.45, 7) is 2.83. The van der Waals surface area contributed by atoms with Crippen molar-refractivity contribution in [3.05, 3.63) is 51.0 Å². The first-order valence-corrected chi connectivity index (χ1v) is 11.2. The molecule has 0 spiro atoms. The van der Waals surface area contributed by atoms with Gasteiger partial charge in [0.25, 0.3) is 0 Å². The van der Waals surface area contributed by atoms with Crippen molar-refractivity contribution < 1.29 is 14.3 Å². The van der Waals surface area contributed by atoms with Crippen molar-refractivity contribution in [3.8, 4) is 5.75 Å². The standard InChI is InChI=1S/C23H26Cl2N2O3/c1-13-3-8-20(26-22(28)15-4-7-18(24)19(25)12-15)23(29)27-10-9-14-11-16(30-2)5-6-17(14)21(13)27/h5-6,11-13,20-21H,3-4,7-10H2,1-2H3,(H,26,28). The number of amides is 2. The Morgan fingerprint density at radius 3 is 2.73 bits per heavy atom. The number of carbonyl (C=O) groups excluding carboxylic acids is 2. The summed E-state index contributed by atoms with van der Waals surface area (Å²) < 4.78 is 5.37. The maximum Gasteiger partial charge on any atom is 0.247 e. The van der Waals surface area contributed by atoms with Crippen LogP contribution in [0.2, 0.25) is 0 Å². The molecule has 1 aromatic rings. The van der Waals surface area contributed by atoms with Crippen LogP contribution in [-0.2, 0) is 16.0 Å². The SMILES string of the molecule is COc1ccc2c(c1)CCN1C(=O)C(NC(=O)C3=CC(Cl)=C(Cl)CC3)CCC(C)C21. The first-order valence-electron chi connectivity index (χ1n) is 10.4. The number of hydrogen-bond acceptors (Lipinski definition) is 3. The molecular weight excluding hydrogens is 423 g/mol. The summed E-state index contributed by atoms with van der Waals surface area (Å²) in [6, 6.07) is 5.62. The number of carbonyl (C=O) groups is 2. The zero-order valence-corrected chi connectivity index (χ0v) is 18.7. The molecule has 1 aliphatic carbocycles. The Morgan fingerprint density at radius 2 is 2.00 bits per heavy atom. The molecule has 30 heavy (non-hydrogen) atoms. The predicted molar refractivity (Wildman–Crippen MR) is 118 cm³/mol. The molecule has 0 radical (unpaired) electrons. The first kappa shape index (κ1) is 21.3. The second-order valence-electron chi connectivity index (χ2n) is 8.29. The second-order valence-corrected chi connectivity index (χ2v) is 9.16. The lowest BCUT2D eigenvalue weighted by Crippen LogP contribution is -2.50. The van der Waals surface area contributed by atoms with Crippen LogP contribution in [0.4, 0.5) is 0 Å². The molecule has 5 nitrogen and oxygen atoms in total. The third-order valence-electron chi connectivity index (χ3n) is 6.43. The van der Waals surface area contributed by atoms with Gasteiger partial charge in [-0.2, -0.15) is 0 Å². The van der Waals surface area contributed by atoms with Crippen LogP contribution >= 0.6 is 23.2 Å². The number of allylic oxidation sites excluding steroid dienone is 3. The lowest BCUT2D eigenvalue weighted by atomic mass is 9.84. The van der Waals surface area contributed by atoms with E-state index in [1.807, 2.05) is 11.0 Å². The molecular formula is C23H26Cl2N2O3. The van der Waals surface area contributed by atoms with Crippen molar-refractivity contribution in [2.24, 2.45) is 5.92 Å². The molecule has 1 fully saturated rings. The first-order chi connectivity index (χ1) is 14.4. The van der Waals surface area contributed by atoms with E-state index in [2.05, 4.69) is 24.4 Å². The molecule has 2 amide bonds. The van der Waals surface area contributed by atoms with Crippen LogP contribution in [0.5, 0.6) is 5.75 Å². The molecule has 7 heteroatoms. The highest BCUT2D eigenvalue weighted by atomic mass is 35.5. The average Bonchev–Trinajstić information content (AvgIpc) is 2.87. The lowest BCUT2D eigenvalue weighted by Gasteiger charge is -2.40. The van der Waals surface area contributed by atoms with Gasteiger partial charge in [-0.05, 0) is 67.4 Å². The van der Waals surface area contributed by atoms with Crippen molar-refractivity contribution >= 4 is 35.0 Å². The highest BCUT2D eigenvalue weighted by Gasteiger charge is 2.40. The number of benzene rings is 1. The van der Waals surface area contributed by atoms with Gasteiger partial charge in [0.2, 0.25) is 11.8 Å². The summed E-state index contributed by atoms with van der Waals surface area (Å²) >= 11 is 12.1. The molecule has 3 unspecified atom stereocenters.